The number of carbonyl (C=O) groups excluding carboxylic acids is 4. The number of aryl methyl sites for hydroxylation is 1. The largest absolute Gasteiger partial charge is 0.388 e. The van der Waals surface area contributed by atoms with Gasteiger partial charge in [0.1, 0.15) is 17.4 Å². The Morgan fingerprint density at radius 3 is 2.26 bits per heavy atom. The van der Waals surface area contributed by atoms with Gasteiger partial charge in [0.25, 0.3) is 5.91 Å². The second kappa shape index (κ2) is 14.5. The molecule has 2 heterocycles. The van der Waals surface area contributed by atoms with E-state index in [-0.39, 0.29) is 37.0 Å². The van der Waals surface area contributed by atoms with Gasteiger partial charge in [-0.15, -0.1) is 0 Å². The van der Waals surface area contributed by atoms with Gasteiger partial charge in [-0.05, 0) is 32.6 Å². The molecule has 1 aliphatic rings. The Hall–Kier alpha value is -2.83. The molecule has 2 unspecified atom stereocenters. The van der Waals surface area contributed by atoms with Crippen LogP contribution in [0.15, 0.2) is 10.6 Å². The van der Waals surface area contributed by atoms with Crippen LogP contribution >= 0.6 is 0 Å². The molecule has 0 saturated carbocycles. The summed E-state index contributed by atoms with van der Waals surface area (Å²) in [7, 11) is 4.72. The number of ether oxygens (including phenoxy) is 3. The van der Waals surface area contributed by atoms with Crippen molar-refractivity contribution in [3.05, 3.63) is 17.5 Å². The molecule has 1 aromatic rings. The third-order valence-corrected chi connectivity index (χ3v) is 4.97. The Kier molecular flexibility index (Phi) is 12.5. The van der Waals surface area contributed by atoms with Crippen molar-refractivity contribution in [1.29, 1.82) is 0 Å². The number of nitrogens with zero attached hydrogens (tertiary/aromatic N) is 1. The van der Waals surface area contributed by atoms with E-state index in [0.717, 1.165) is 0 Å². The summed E-state index contributed by atoms with van der Waals surface area (Å²) >= 11 is 0. The van der Waals surface area contributed by atoms with Crippen molar-refractivity contribution in [3.63, 3.8) is 0 Å². The second-order valence-electron chi connectivity index (χ2n) is 8.89. The fourth-order valence-electron chi connectivity index (χ4n) is 3.07. The van der Waals surface area contributed by atoms with Gasteiger partial charge in [-0.2, -0.15) is 0 Å². The van der Waals surface area contributed by atoms with E-state index in [2.05, 4.69) is 25.8 Å². The van der Waals surface area contributed by atoms with Crippen molar-refractivity contribution in [2.45, 2.75) is 58.2 Å². The molecule has 12 heteroatoms. The number of carbonyl (C=O) groups is 4. The summed E-state index contributed by atoms with van der Waals surface area (Å²) in [6.07, 6.45) is 0.651. The predicted octanol–water partition coefficient (Wildman–Crippen LogP) is 0.386. The predicted molar refractivity (Wildman–Crippen MR) is 126 cm³/mol. The normalized spacial score (nSPS) is 18.1. The molecule has 0 radical (unpaired) electrons. The monoisotopic (exact) mass is 498 g/mol. The summed E-state index contributed by atoms with van der Waals surface area (Å²) < 4.78 is 19.3. The number of aromatic nitrogens is 1. The zero-order valence-corrected chi connectivity index (χ0v) is 21.6. The molecule has 0 aliphatic carbocycles. The summed E-state index contributed by atoms with van der Waals surface area (Å²) in [5, 5.41) is 11.4. The molecule has 12 nitrogen and oxygen atoms in total. The maximum absolute atomic E-state index is 12.6. The SMILES string of the molecule is COC.COCC[C@H](NC(=O)c1cc(C)on1)C(=O)NCC(=O)NC(CC(C)C)C(=O)C1(C)CO1. The van der Waals surface area contributed by atoms with Crippen molar-refractivity contribution in [2.24, 2.45) is 5.92 Å². The van der Waals surface area contributed by atoms with Crippen molar-refractivity contribution < 1.29 is 37.9 Å². The third kappa shape index (κ3) is 10.5. The lowest BCUT2D eigenvalue weighted by Gasteiger charge is -2.22. The highest BCUT2D eigenvalue weighted by molar-refractivity contribution is 5.98. The maximum Gasteiger partial charge on any atom is 0.274 e. The first-order chi connectivity index (χ1) is 16.5. The number of rotatable bonds is 13. The zero-order chi connectivity index (χ0) is 26.6. The highest BCUT2D eigenvalue weighted by Gasteiger charge is 2.50. The van der Waals surface area contributed by atoms with E-state index in [1.54, 1.807) is 28.1 Å². The number of methoxy groups -OCH3 is 2. The Morgan fingerprint density at radius 2 is 1.77 bits per heavy atom. The second-order valence-corrected chi connectivity index (χ2v) is 8.89. The van der Waals surface area contributed by atoms with Gasteiger partial charge in [0, 0.05) is 34.0 Å². The van der Waals surface area contributed by atoms with E-state index < -0.39 is 35.4 Å². The Balaban J connectivity index is 0.00000194. The maximum atomic E-state index is 12.6. The Morgan fingerprint density at radius 1 is 1.14 bits per heavy atom. The first-order valence-corrected chi connectivity index (χ1v) is 11.4. The van der Waals surface area contributed by atoms with Gasteiger partial charge < -0.3 is 34.7 Å². The van der Waals surface area contributed by atoms with E-state index in [9.17, 15) is 19.2 Å². The van der Waals surface area contributed by atoms with Crippen molar-refractivity contribution in [3.8, 4) is 0 Å². The number of Topliss-reactive ketones (excluding diaryl/α,β-unsaturated/α-hetero) is 1. The summed E-state index contributed by atoms with van der Waals surface area (Å²) in [4.78, 5) is 50.0. The summed E-state index contributed by atoms with van der Waals surface area (Å²) in [6.45, 7) is 7.43. The molecule has 1 aliphatic heterocycles. The molecule has 35 heavy (non-hydrogen) atoms. The fraction of sp³-hybridized carbons (Fsp3) is 0.696. The first-order valence-electron chi connectivity index (χ1n) is 11.4. The zero-order valence-electron chi connectivity index (χ0n) is 21.6. The molecular weight excluding hydrogens is 460 g/mol. The van der Waals surface area contributed by atoms with Gasteiger partial charge in [0.05, 0.1) is 19.2 Å². The Labute approximate surface area is 205 Å². The van der Waals surface area contributed by atoms with E-state index in [0.29, 0.717) is 18.8 Å². The highest BCUT2D eigenvalue weighted by atomic mass is 16.6. The first kappa shape index (κ1) is 30.2. The van der Waals surface area contributed by atoms with E-state index in [4.69, 9.17) is 14.0 Å². The van der Waals surface area contributed by atoms with Crippen LogP contribution in [0.4, 0.5) is 0 Å². The minimum absolute atomic E-state index is 0.0429. The number of epoxide rings is 1. The summed E-state index contributed by atoms with van der Waals surface area (Å²) in [6, 6.07) is -0.199. The van der Waals surface area contributed by atoms with Crippen LogP contribution in [-0.4, -0.2) is 87.4 Å². The molecule has 0 spiro atoms. The molecule has 3 amide bonds. The van der Waals surface area contributed by atoms with Gasteiger partial charge in [0.15, 0.2) is 11.5 Å². The molecule has 0 aromatic carbocycles. The molecule has 0 bridgehead atoms. The van der Waals surface area contributed by atoms with Crippen LogP contribution in [0.2, 0.25) is 0 Å². The van der Waals surface area contributed by atoms with Crippen LogP contribution in [0, 0.1) is 12.8 Å². The average Bonchev–Trinajstić information content (AvgIpc) is 3.39. The molecule has 1 fully saturated rings. The lowest BCUT2D eigenvalue weighted by Crippen LogP contribution is -2.52. The summed E-state index contributed by atoms with van der Waals surface area (Å²) in [5.41, 5.74) is -0.813. The van der Waals surface area contributed by atoms with Crippen LogP contribution in [-0.2, 0) is 28.6 Å². The molecule has 2 rings (SSSR count). The van der Waals surface area contributed by atoms with Crippen LogP contribution in [0.3, 0.4) is 0 Å². The molecule has 1 aromatic heterocycles. The number of nitrogens with one attached hydrogen (secondary N) is 3. The number of ketones is 1. The quantitative estimate of drug-likeness (QED) is 0.327. The van der Waals surface area contributed by atoms with Gasteiger partial charge >= 0.3 is 0 Å². The molecule has 3 atom stereocenters. The van der Waals surface area contributed by atoms with E-state index in [1.165, 1.54) is 13.2 Å². The van der Waals surface area contributed by atoms with Crippen LogP contribution < -0.4 is 16.0 Å². The fourth-order valence-corrected chi connectivity index (χ4v) is 3.07. The van der Waals surface area contributed by atoms with Gasteiger partial charge in [-0.3, -0.25) is 19.2 Å². The lowest BCUT2D eigenvalue weighted by molar-refractivity contribution is -0.131. The minimum atomic E-state index is -0.945. The smallest absolute Gasteiger partial charge is 0.274 e. The van der Waals surface area contributed by atoms with Crippen LogP contribution in [0.1, 0.15) is 49.9 Å². The summed E-state index contributed by atoms with van der Waals surface area (Å²) in [5.74, 6) is -1.20. The number of amides is 3. The molecule has 1 saturated heterocycles. The minimum Gasteiger partial charge on any atom is -0.388 e. The average molecular weight is 499 g/mol. The van der Waals surface area contributed by atoms with E-state index in [1.807, 2.05) is 13.8 Å². The van der Waals surface area contributed by atoms with E-state index >= 15 is 0 Å². The van der Waals surface area contributed by atoms with Gasteiger partial charge in [-0.1, -0.05) is 19.0 Å². The van der Waals surface area contributed by atoms with Crippen molar-refractivity contribution in [1.82, 2.24) is 21.1 Å². The molecule has 198 valence electrons. The lowest BCUT2D eigenvalue weighted by atomic mass is 9.93. The van der Waals surface area contributed by atoms with Crippen LogP contribution in [0.5, 0.6) is 0 Å². The number of hydrogen-bond acceptors (Lipinski definition) is 9. The van der Waals surface area contributed by atoms with Gasteiger partial charge in [-0.25, -0.2) is 0 Å². The van der Waals surface area contributed by atoms with Crippen LogP contribution in [0.25, 0.3) is 0 Å². The topological polar surface area (TPSA) is 161 Å². The van der Waals surface area contributed by atoms with Gasteiger partial charge in [0.2, 0.25) is 11.8 Å². The highest BCUT2D eigenvalue weighted by Crippen LogP contribution is 2.29. The molecule has 3 N–H and O–H groups in total. The van der Waals surface area contributed by atoms with Crippen molar-refractivity contribution >= 4 is 23.5 Å². The molecular formula is C23H38N4O8. The third-order valence-electron chi connectivity index (χ3n) is 4.97. The Bertz CT molecular complexity index is 850. The van der Waals surface area contributed by atoms with Crippen molar-refractivity contribution in [2.75, 3.05) is 41.1 Å². The number of hydrogen-bond donors (Lipinski definition) is 3. The standard InChI is InChI=1S/C21H32N4O7.C2H6O/c1-12(2)8-15(18(27)21(4)11-31-21)23-17(26)10-22-19(28)14(6-7-30-5)24-20(29)16-9-13(3)32-25-16;1-3-2/h9,12,14-15H,6-8,10-11H2,1-5H3,(H,22,28)(H,23,26)(H,24,29);1-2H3/t14-,15?,21?;/m0./s1.